The van der Waals surface area contributed by atoms with Crippen LogP contribution in [0.15, 0.2) is 59.5 Å². The second-order valence-corrected chi connectivity index (χ2v) is 12.4. The molecule has 11 heteroatoms. The summed E-state index contributed by atoms with van der Waals surface area (Å²) < 4.78 is 72.2. The highest BCUT2D eigenvalue weighted by atomic mass is 32.2. The summed E-state index contributed by atoms with van der Waals surface area (Å²) >= 11 is 0. The van der Waals surface area contributed by atoms with Crippen molar-refractivity contribution in [3.8, 4) is 0 Å². The molecule has 0 fully saturated rings. The van der Waals surface area contributed by atoms with Crippen LogP contribution in [0.2, 0.25) is 0 Å². The Labute approximate surface area is 215 Å². The van der Waals surface area contributed by atoms with Crippen LogP contribution >= 0.6 is 0 Å². The van der Waals surface area contributed by atoms with E-state index < -0.39 is 37.4 Å². The molecule has 9 nitrogen and oxygen atoms in total. The van der Waals surface area contributed by atoms with Gasteiger partial charge in [0.25, 0.3) is 20.2 Å². The Morgan fingerprint density at radius 1 is 1.00 bits per heavy atom. The van der Waals surface area contributed by atoms with Crippen LogP contribution < -0.4 is 0 Å². The van der Waals surface area contributed by atoms with E-state index in [4.69, 9.17) is 4.74 Å². The molecule has 3 aromatic carbocycles. The van der Waals surface area contributed by atoms with Crippen molar-refractivity contribution in [2.75, 3.05) is 19.4 Å². The minimum Gasteiger partial charge on any atom is -0.465 e. The van der Waals surface area contributed by atoms with Gasteiger partial charge >= 0.3 is 5.97 Å². The van der Waals surface area contributed by atoms with Crippen molar-refractivity contribution < 1.29 is 40.0 Å². The first kappa shape index (κ1) is 26.9. The number of benzene rings is 3. The highest BCUT2D eigenvalue weighted by Gasteiger charge is 2.47. The van der Waals surface area contributed by atoms with Gasteiger partial charge in [0.2, 0.25) is 5.69 Å². The van der Waals surface area contributed by atoms with Crippen molar-refractivity contribution in [2.45, 2.75) is 37.0 Å². The molecule has 1 unspecified atom stereocenters. The fourth-order valence-corrected chi connectivity index (χ4v) is 6.11. The molecule has 1 aliphatic rings. The minimum atomic E-state index is -4.44. The van der Waals surface area contributed by atoms with Gasteiger partial charge in [-0.25, -0.2) is 4.79 Å². The summed E-state index contributed by atoms with van der Waals surface area (Å²) in [6.45, 7) is 4.28. The predicted molar refractivity (Wildman–Crippen MR) is 139 cm³/mol. The average Bonchev–Trinajstić information content (AvgIpc) is 3.04. The van der Waals surface area contributed by atoms with E-state index in [2.05, 4.69) is 0 Å². The van der Waals surface area contributed by atoms with Crippen LogP contribution in [0.5, 0.6) is 0 Å². The van der Waals surface area contributed by atoms with Crippen LogP contribution in [0.1, 0.15) is 41.8 Å². The van der Waals surface area contributed by atoms with Crippen LogP contribution in [-0.4, -0.2) is 61.6 Å². The topological polar surface area (TPSA) is 138 Å². The zero-order chi connectivity index (χ0) is 27.2. The third-order valence-electron chi connectivity index (χ3n) is 7.03. The number of hydrogen-bond acceptors (Lipinski definition) is 6. The maximum Gasteiger partial charge on any atom is 0.337 e. The summed E-state index contributed by atoms with van der Waals surface area (Å²) in [5, 5.41) is 1.43. The number of carbonyl (C=O) groups is 1. The molecular weight excluding hydrogens is 518 g/mol. The van der Waals surface area contributed by atoms with Crippen molar-refractivity contribution in [1.29, 1.82) is 0 Å². The zero-order valence-corrected chi connectivity index (χ0v) is 22.3. The van der Waals surface area contributed by atoms with Gasteiger partial charge in [-0.3, -0.25) is 9.11 Å². The molecule has 0 saturated carbocycles. The third kappa shape index (κ3) is 5.30. The normalized spacial score (nSPS) is 17.8. The lowest BCUT2D eigenvalue weighted by atomic mass is 9.73. The first-order chi connectivity index (χ1) is 17.2. The first-order valence-corrected chi connectivity index (χ1v) is 14.6. The third-order valence-corrected chi connectivity index (χ3v) is 8.69. The maximum absolute atomic E-state index is 11.9. The molecule has 3 aromatic rings. The number of methoxy groups -OCH3 is 1. The second kappa shape index (κ2) is 9.64. The fraction of sp³-hybridized carbons (Fsp3) is 0.308. The van der Waals surface area contributed by atoms with Gasteiger partial charge in [-0.1, -0.05) is 18.2 Å². The molecule has 37 heavy (non-hydrogen) atoms. The quantitative estimate of drug-likeness (QED) is 0.247. The van der Waals surface area contributed by atoms with E-state index in [1.807, 2.05) is 42.7 Å². The Morgan fingerprint density at radius 2 is 1.65 bits per heavy atom. The van der Waals surface area contributed by atoms with Gasteiger partial charge in [0.05, 0.1) is 28.7 Å². The van der Waals surface area contributed by atoms with Gasteiger partial charge in [-0.05, 0) is 60.0 Å². The monoisotopic (exact) mass is 546 g/mol. The van der Waals surface area contributed by atoms with Crippen LogP contribution in [0.3, 0.4) is 0 Å². The van der Waals surface area contributed by atoms with E-state index in [0.29, 0.717) is 23.9 Å². The molecule has 0 radical (unpaired) electrons. The number of fused-ring (bicyclic) bond motifs is 3. The van der Waals surface area contributed by atoms with Gasteiger partial charge in [-0.2, -0.15) is 21.4 Å². The van der Waals surface area contributed by atoms with Gasteiger partial charge < -0.3 is 4.74 Å². The molecule has 0 bridgehead atoms. The number of nitrogens with zero attached hydrogens (tertiary/aromatic N) is 1. The van der Waals surface area contributed by atoms with Crippen molar-refractivity contribution >= 4 is 48.4 Å². The molecule has 2 N–H and O–H groups in total. The Kier molecular flexibility index (Phi) is 7.02. The largest absolute Gasteiger partial charge is 0.465 e. The lowest BCUT2D eigenvalue weighted by molar-refractivity contribution is -0.438. The number of ether oxygens (including phenoxy) is 1. The van der Waals surface area contributed by atoms with Crippen LogP contribution in [0.4, 0.5) is 5.69 Å². The van der Waals surface area contributed by atoms with Crippen molar-refractivity contribution in [2.24, 2.45) is 0 Å². The van der Waals surface area contributed by atoms with E-state index >= 15 is 0 Å². The molecule has 0 amide bonds. The van der Waals surface area contributed by atoms with Crippen molar-refractivity contribution in [3.63, 3.8) is 0 Å². The Hall–Kier alpha value is -3.12. The smallest absolute Gasteiger partial charge is 0.337 e. The van der Waals surface area contributed by atoms with Gasteiger partial charge in [0, 0.05) is 25.0 Å². The average molecular weight is 547 g/mol. The van der Waals surface area contributed by atoms with Crippen LogP contribution in [0.25, 0.3) is 10.8 Å². The SMILES string of the molecule is COC(=O)c1ccc(CC2(C)C(C)=[N+](CCCS(=O)(=O)O)c3ccc4ccc(S(=O)(=O)O)cc4c32)cc1. The number of rotatable bonds is 8. The standard InChI is InChI=1S/C26H27NO8S2/c1-17-26(2,16-18-5-7-20(8-6-18)25(28)35-3)24-22-15-21(37(32,33)34)11-9-19(22)10-12-23(24)27(17)13-4-14-36(29,30)31/h5-12,15H,4,13-14,16H2,1-3H3,(H-,29,30,31,32,33,34)/p+1. The van der Waals surface area contributed by atoms with E-state index in [0.717, 1.165) is 27.9 Å². The number of hydrogen-bond donors (Lipinski definition) is 2. The minimum absolute atomic E-state index is 0.183. The highest BCUT2D eigenvalue weighted by molar-refractivity contribution is 7.86. The van der Waals surface area contributed by atoms with Gasteiger partial charge in [0.15, 0.2) is 5.71 Å². The summed E-state index contributed by atoms with van der Waals surface area (Å²) in [6.07, 6.45) is 0.680. The Bertz CT molecular complexity index is 1640. The summed E-state index contributed by atoms with van der Waals surface area (Å²) in [4.78, 5) is 11.6. The summed E-state index contributed by atoms with van der Waals surface area (Å²) in [7, 11) is -7.25. The molecule has 0 spiro atoms. The van der Waals surface area contributed by atoms with Crippen LogP contribution in [0, 0.1) is 0 Å². The maximum atomic E-state index is 11.9. The van der Waals surface area contributed by atoms with Crippen molar-refractivity contribution in [3.05, 3.63) is 71.3 Å². The van der Waals surface area contributed by atoms with Gasteiger partial charge in [0.1, 0.15) is 6.54 Å². The van der Waals surface area contributed by atoms with E-state index in [1.165, 1.54) is 19.2 Å². The molecule has 1 atom stereocenters. The number of carbonyl (C=O) groups excluding carboxylic acids is 1. The zero-order valence-electron chi connectivity index (χ0n) is 20.6. The number of esters is 1. The molecule has 0 saturated heterocycles. The molecule has 1 aliphatic heterocycles. The Morgan fingerprint density at radius 3 is 2.24 bits per heavy atom. The van der Waals surface area contributed by atoms with E-state index in [9.17, 15) is 30.7 Å². The second-order valence-electron chi connectivity index (χ2n) is 9.39. The summed E-state index contributed by atoms with van der Waals surface area (Å²) in [5.41, 5.74) is 3.25. The first-order valence-electron chi connectivity index (χ1n) is 11.5. The van der Waals surface area contributed by atoms with E-state index in [-0.39, 0.29) is 11.3 Å². The molecule has 0 aliphatic carbocycles. The molecule has 1 heterocycles. The summed E-state index contributed by atoms with van der Waals surface area (Å²) in [5.74, 6) is -0.835. The Balaban J connectivity index is 1.88. The van der Waals surface area contributed by atoms with E-state index in [1.54, 1.807) is 18.2 Å². The molecule has 196 valence electrons. The van der Waals surface area contributed by atoms with Crippen molar-refractivity contribution in [1.82, 2.24) is 0 Å². The summed E-state index contributed by atoms with van der Waals surface area (Å²) in [6, 6.07) is 15.2. The lowest BCUT2D eigenvalue weighted by Gasteiger charge is -2.24. The molecular formula is C26H28NO8S2+. The van der Waals surface area contributed by atoms with Crippen LogP contribution in [-0.2, 0) is 36.8 Å². The van der Waals surface area contributed by atoms with Gasteiger partial charge in [-0.15, -0.1) is 0 Å². The highest BCUT2D eigenvalue weighted by Crippen LogP contribution is 2.46. The fourth-order valence-electron chi connectivity index (χ4n) is 5.11. The predicted octanol–water partition coefficient (Wildman–Crippen LogP) is 3.77. The lowest BCUT2D eigenvalue weighted by Crippen LogP contribution is -2.33. The molecule has 0 aromatic heterocycles. The molecule has 4 rings (SSSR count).